The van der Waals surface area contributed by atoms with Crippen LogP contribution in [-0.2, 0) is 0 Å². The topological polar surface area (TPSA) is 0 Å². The lowest BCUT2D eigenvalue weighted by Crippen LogP contribution is -2.16. The Bertz CT molecular complexity index is 408. The number of rotatable bonds is 5. The summed E-state index contributed by atoms with van der Waals surface area (Å²) in [5.74, 6) is 0. The summed E-state index contributed by atoms with van der Waals surface area (Å²) in [5.41, 5.74) is 4.59. The summed E-state index contributed by atoms with van der Waals surface area (Å²) in [6.07, 6.45) is 9.53. The van der Waals surface area contributed by atoms with Gasteiger partial charge in [0, 0.05) is 0 Å². The van der Waals surface area contributed by atoms with Crippen molar-refractivity contribution >= 4 is 5.57 Å². The van der Waals surface area contributed by atoms with Crippen LogP contribution in [0.25, 0.3) is 5.57 Å². The van der Waals surface area contributed by atoms with Crippen molar-refractivity contribution in [3.63, 3.8) is 0 Å². The van der Waals surface area contributed by atoms with E-state index in [0.717, 1.165) is 0 Å². The molecule has 1 aromatic carbocycles. The molecule has 18 heavy (non-hydrogen) atoms. The van der Waals surface area contributed by atoms with Gasteiger partial charge in [-0.2, -0.15) is 0 Å². The summed E-state index contributed by atoms with van der Waals surface area (Å²) in [6.45, 7) is 8.83. The molecule has 1 aliphatic carbocycles. The average Bonchev–Trinajstić information content (AvgIpc) is 2.78. The molecule has 0 heteroatoms. The van der Waals surface area contributed by atoms with E-state index >= 15 is 0 Å². The predicted molar refractivity (Wildman–Crippen MR) is 80.6 cm³/mol. The highest BCUT2D eigenvalue weighted by Crippen LogP contribution is 2.47. The number of hydrogen-bond donors (Lipinski definition) is 0. The van der Waals surface area contributed by atoms with Crippen molar-refractivity contribution in [3.05, 3.63) is 42.0 Å². The molecule has 0 aromatic heterocycles. The van der Waals surface area contributed by atoms with Crippen molar-refractivity contribution in [3.8, 4) is 0 Å². The summed E-state index contributed by atoms with van der Waals surface area (Å²) >= 11 is 0. The van der Waals surface area contributed by atoms with Gasteiger partial charge in [0.15, 0.2) is 0 Å². The number of allylic oxidation sites excluding steroid dienone is 1. The largest absolute Gasteiger partial charge is 0.0952 e. The number of benzene rings is 1. The Labute approximate surface area is 112 Å². The SMILES string of the molecule is C=C(CC1(CCC)CCCC1)c1cccc(C)c1. The van der Waals surface area contributed by atoms with Crippen LogP contribution in [-0.4, -0.2) is 0 Å². The lowest BCUT2D eigenvalue weighted by Gasteiger charge is -2.30. The molecule has 1 fully saturated rings. The Hall–Kier alpha value is -1.04. The Morgan fingerprint density at radius 3 is 2.61 bits per heavy atom. The van der Waals surface area contributed by atoms with E-state index in [1.165, 1.54) is 61.6 Å². The molecule has 1 aromatic rings. The number of hydrogen-bond acceptors (Lipinski definition) is 0. The molecular formula is C18H26. The molecule has 1 saturated carbocycles. The van der Waals surface area contributed by atoms with Gasteiger partial charge in [-0.05, 0) is 49.2 Å². The molecule has 1 aliphatic rings. The molecule has 0 radical (unpaired) electrons. The zero-order valence-corrected chi connectivity index (χ0v) is 12.0. The lowest BCUT2D eigenvalue weighted by atomic mass is 9.75. The fourth-order valence-corrected chi connectivity index (χ4v) is 3.59. The van der Waals surface area contributed by atoms with Crippen molar-refractivity contribution in [2.75, 3.05) is 0 Å². The van der Waals surface area contributed by atoms with E-state index in [2.05, 4.69) is 44.7 Å². The van der Waals surface area contributed by atoms with E-state index < -0.39 is 0 Å². The second-order valence-electron chi connectivity index (χ2n) is 6.11. The normalized spacial score (nSPS) is 17.9. The van der Waals surface area contributed by atoms with Crippen LogP contribution < -0.4 is 0 Å². The zero-order chi connectivity index (χ0) is 13.0. The highest BCUT2D eigenvalue weighted by Gasteiger charge is 2.33. The van der Waals surface area contributed by atoms with Crippen LogP contribution in [0.15, 0.2) is 30.8 Å². The Morgan fingerprint density at radius 2 is 2.00 bits per heavy atom. The zero-order valence-electron chi connectivity index (χ0n) is 12.0. The second kappa shape index (κ2) is 5.73. The van der Waals surface area contributed by atoms with Gasteiger partial charge in [-0.3, -0.25) is 0 Å². The van der Waals surface area contributed by atoms with E-state index in [9.17, 15) is 0 Å². The molecule has 98 valence electrons. The van der Waals surface area contributed by atoms with Gasteiger partial charge in [0.25, 0.3) is 0 Å². The van der Waals surface area contributed by atoms with Crippen LogP contribution in [0, 0.1) is 12.3 Å². The first kappa shape index (κ1) is 13.4. The van der Waals surface area contributed by atoms with Crippen molar-refractivity contribution in [2.45, 2.75) is 58.8 Å². The molecule has 0 N–H and O–H groups in total. The molecular weight excluding hydrogens is 216 g/mol. The standard InChI is InChI=1S/C18H26/c1-4-10-18(11-5-6-12-18)14-16(3)17-9-7-8-15(2)13-17/h7-9,13H,3-6,10-12,14H2,1-2H3. The average molecular weight is 242 g/mol. The van der Waals surface area contributed by atoms with E-state index in [-0.39, 0.29) is 0 Å². The third-order valence-electron chi connectivity index (χ3n) is 4.46. The molecule has 0 atom stereocenters. The molecule has 0 nitrogen and oxygen atoms in total. The van der Waals surface area contributed by atoms with Crippen LogP contribution in [0.1, 0.15) is 63.0 Å². The van der Waals surface area contributed by atoms with Crippen LogP contribution in [0.2, 0.25) is 0 Å². The van der Waals surface area contributed by atoms with Crippen molar-refractivity contribution in [1.82, 2.24) is 0 Å². The highest BCUT2D eigenvalue weighted by molar-refractivity contribution is 5.64. The predicted octanol–water partition coefficient (Wildman–Crippen LogP) is 5.76. The fourth-order valence-electron chi connectivity index (χ4n) is 3.59. The van der Waals surface area contributed by atoms with E-state index in [1.54, 1.807) is 0 Å². The monoisotopic (exact) mass is 242 g/mol. The summed E-state index contributed by atoms with van der Waals surface area (Å²) in [4.78, 5) is 0. The maximum Gasteiger partial charge on any atom is -0.0222 e. The Balaban J connectivity index is 2.10. The van der Waals surface area contributed by atoms with Crippen molar-refractivity contribution in [2.24, 2.45) is 5.41 Å². The lowest BCUT2D eigenvalue weighted by molar-refractivity contribution is 0.277. The van der Waals surface area contributed by atoms with Gasteiger partial charge in [-0.1, -0.05) is 62.6 Å². The first-order valence-corrected chi connectivity index (χ1v) is 7.40. The maximum atomic E-state index is 4.36. The summed E-state index contributed by atoms with van der Waals surface area (Å²) < 4.78 is 0. The minimum atomic E-state index is 0.565. The second-order valence-corrected chi connectivity index (χ2v) is 6.11. The van der Waals surface area contributed by atoms with Gasteiger partial charge >= 0.3 is 0 Å². The van der Waals surface area contributed by atoms with E-state index in [0.29, 0.717) is 5.41 Å². The molecule has 2 rings (SSSR count). The minimum absolute atomic E-state index is 0.565. The van der Waals surface area contributed by atoms with Crippen molar-refractivity contribution < 1.29 is 0 Å². The van der Waals surface area contributed by atoms with Gasteiger partial charge < -0.3 is 0 Å². The maximum absolute atomic E-state index is 4.36. The van der Waals surface area contributed by atoms with Gasteiger partial charge in [0.2, 0.25) is 0 Å². The number of aryl methyl sites for hydroxylation is 1. The van der Waals surface area contributed by atoms with Crippen LogP contribution in [0.4, 0.5) is 0 Å². The van der Waals surface area contributed by atoms with E-state index in [1.807, 2.05) is 0 Å². The molecule has 0 aliphatic heterocycles. The molecule has 0 saturated heterocycles. The molecule has 0 bridgehead atoms. The van der Waals surface area contributed by atoms with Crippen molar-refractivity contribution in [1.29, 1.82) is 0 Å². The molecule has 0 amide bonds. The summed E-state index contributed by atoms with van der Waals surface area (Å²) in [7, 11) is 0. The quantitative estimate of drug-likeness (QED) is 0.616. The highest BCUT2D eigenvalue weighted by atomic mass is 14.4. The van der Waals surface area contributed by atoms with Gasteiger partial charge in [0.1, 0.15) is 0 Å². The minimum Gasteiger partial charge on any atom is -0.0952 e. The van der Waals surface area contributed by atoms with Gasteiger partial charge in [0.05, 0.1) is 0 Å². The van der Waals surface area contributed by atoms with Crippen LogP contribution >= 0.6 is 0 Å². The fraction of sp³-hybridized carbons (Fsp3) is 0.556. The molecule has 0 unspecified atom stereocenters. The van der Waals surface area contributed by atoms with Crippen LogP contribution in [0.3, 0.4) is 0 Å². The molecule has 0 heterocycles. The van der Waals surface area contributed by atoms with Gasteiger partial charge in [-0.25, -0.2) is 0 Å². The first-order valence-electron chi connectivity index (χ1n) is 7.40. The summed E-state index contributed by atoms with van der Waals surface area (Å²) in [6, 6.07) is 8.80. The smallest absolute Gasteiger partial charge is 0.0222 e. The van der Waals surface area contributed by atoms with Crippen LogP contribution in [0.5, 0.6) is 0 Å². The first-order chi connectivity index (χ1) is 8.65. The molecule has 0 spiro atoms. The van der Waals surface area contributed by atoms with Gasteiger partial charge in [-0.15, -0.1) is 0 Å². The Morgan fingerprint density at radius 1 is 1.28 bits per heavy atom. The Kier molecular flexibility index (Phi) is 4.27. The summed E-state index contributed by atoms with van der Waals surface area (Å²) in [5, 5.41) is 0. The third kappa shape index (κ3) is 3.04. The third-order valence-corrected chi connectivity index (χ3v) is 4.46. The van der Waals surface area contributed by atoms with E-state index in [4.69, 9.17) is 0 Å².